The van der Waals surface area contributed by atoms with E-state index in [1.807, 2.05) is 6.92 Å². The number of rotatable bonds is 1. The molecule has 0 rings (SSSR count). The Morgan fingerprint density at radius 3 is 2.29 bits per heavy atom. The molecule has 0 heterocycles. The zero-order valence-electron chi connectivity index (χ0n) is 4.68. The highest BCUT2D eigenvalue weighted by Gasteiger charge is 1.92. The van der Waals surface area contributed by atoms with Gasteiger partial charge in [0, 0.05) is 13.1 Å². The summed E-state index contributed by atoms with van der Waals surface area (Å²) in [6, 6.07) is 2.37. The molecule has 0 aromatic carbocycles. The topological polar surface area (TPSA) is 29.3 Å². The van der Waals surface area contributed by atoms with E-state index in [0.29, 0.717) is 0 Å². The lowest BCUT2D eigenvalue weighted by atomic mass is 10.5. The first-order valence-corrected chi connectivity index (χ1v) is 2.13. The first kappa shape index (κ1) is 6.32. The fourth-order valence-electron chi connectivity index (χ4n) is 0.118. The standard InChI is InChI=1S/C5H10N2/c1-4-7(3)5(2)6/h1,5H,6H2,2-3H3. The highest BCUT2D eigenvalue weighted by molar-refractivity contribution is 4.83. The predicted molar refractivity (Wildman–Crippen MR) is 30.2 cm³/mol. The summed E-state index contributed by atoms with van der Waals surface area (Å²) in [5.74, 6) is 0. The van der Waals surface area contributed by atoms with Gasteiger partial charge < -0.3 is 10.6 Å². The molecular formula is C5H10N2. The first-order chi connectivity index (χ1) is 3.18. The van der Waals surface area contributed by atoms with Gasteiger partial charge in [-0.3, -0.25) is 0 Å². The van der Waals surface area contributed by atoms with Gasteiger partial charge in [-0.2, -0.15) is 0 Å². The zero-order valence-corrected chi connectivity index (χ0v) is 4.68. The van der Waals surface area contributed by atoms with Crippen molar-refractivity contribution in [2.24, 2.45) is 5.73 Å². The van der Waals surface area contributed by atoms with E-state index in [9.17, 15) is 0 Å². The minimum Gasteiger partial charge on any atom is -0.320 e. The van der Waals surface area contributed by atoms with Crippen molar-refractivity contribution in [3.05, 3.63) is 0 Å². The Labute approximate surface area is 44.3 Å². The second-order valence-electron chi connectivity index (χ2n) is 1.48. The molecule has 0 fully saturated rings. The zero-order chi connectivity index (χ0) is 5.86. The Morgan fingerprint density at radius 2 is 2.29 bits per heavy atom. The largest absolute Gasteiger partial charge is 0.320 e. The van der Waals surface area contributed by atoms with Crippen LogP contribution in [0.2, 0.25) is 0 Å². The van der Waals surface area contributed by atoms with Gasteiger partial charge >= 0.3 is 0 Å². The summed E-state index contributed by atoms with van der Waals surface area (Å²) < 4.78 is 0. The monoisotopic (exact) mass is 98.1 g/mol. The van der Waals surface area contributed by atoms with Crippen LogP contribution in [0, 0.1) is 12.5 Å². The average molecular weight is 98.1 g/mol. The Bertz CT molecular complexity index is 80.6. The lowest BCUT2D eigenvalue weighted by Gasteiger charge is -2.13. The van der Waals surface area contributed by atoms with Crippen LogP contribution in [0.5, 0.6) is 0 Å². The summed E-state index contributed by atoms with van der Waals surface area (Å²) in [5.41, 5.74) is 5.33. The molecule has 0 saturated carbocycles. The number of terminal acetylenes is 1. The molecule has 0 aromatic heterocycles. The van der Waals surface area contributed by atoms with Gasteiger partial charge in [0.05, 0.1) is 6.17 Å². The summed E-state index contributed by atoms with van der Waals surface area (Å²) >= 11 is 0. The van der Waals surface area contributed by atoms with E-state index in [2.05, 4.69) is 6.04 Å². The summed E-state index contributed by atoms with van der Waals surface area (Å²) in [5, 5.41) is 0. The van der Waals surface area contributed by atoms with Gasteiger partial charge in [0.25, 0.3) is 0 Å². The molecule has 1 atom stereocenters. The Kier molecular flexibility index (Phi) is 2.24. The molecule has 0 spiro atoms. The fraction of sp³-hybridized carbons (Fsp3) is 0.600. The lowest BCUT2D eigenvalue weighted by Crippen LogP contribution is -2.32. The summed E-state index contributed by atoms with van der Waals surface area (Å²) in [6.07, 6.45) is 4.93. The van der Waals surface area contributed by atoms with Crippen molar-refractivity contribution >= 4 is 0 Å². The second kappa shape index (κ2) is 2.49. The third kappa shape index (κ3) is 2.07. The number of hydrogen-bond donors (Lipinski definition) is 1. The Hall–Kier alpha value is -0.680. The molecule has 0 aromatic rings. The molecule has 0 saturated heterocycles. The molecule has 0 aliphatic carbocycles. The molecular weight excluding hydrogens is 88.1 g/mol. The van der Waals surface area contributed by atoms with Crippen LogP contribution in [0.3, 0.4) is 0 Å². The van der Waals surface area contributed by atoms with E-state index in [-0.39, 0.29) is 6.17 Å². The summed E-state index contributed by atoms with van der Waals surface area (Å²) in [7, 11) is 1.77. The maximum atomic E-state index is 5.33. The van der Waals surface area contributed by atoms with Crippen LogP contribution in [-0.4, -0.2) is 18.1 Å². The van der Waals surface area contributed by atoms with Crippen LogP contribution in [0.4, 0.5) is 0 Å². The third-order valence-corrected chi connectivity index (χ3v) is 0.815. The minimum atomic E-state index is -0.0370. The lowest BCUT2D eigenvalue weighted by molar-refractivity contribution is 0.382. The van der Waals surface area contributed by atoms with Crippen LogP contribution in [-0.2, 0) is 0 Å². The van der Waals surface area contributed by atoms with Gasteiger partial charge in [0.15, 0.2) is 0 Å². The van der Waals surface area contributed by atoms with E-state index in [1.54, 1.807) is 11.9 Å². The average Bonchev–Trinajstić information content (AvgIpc) is 1.65. The van der Waals surface area contributed by atoms with Crippen molar-refractivity contribution < 1.29 is 0 Å². The van der Waals surface area contributed by atoms with E-state index in [0.717, 1.165) is 0 Å². The third-order valence-electron chi connectivity index (χ3n) is 0.815. The van der Waals surface area contributed by atoms with Gasteiger partial charge in [-0.05, 0) is 6.92 Å². The maximum absolute atomic E-state index is 5.33. The minimum absolute atomic E-state index is 0.0370. The van der Waals surface area contributed by atoms with Gasteiger partial charge in [0.1, 0.15) is 0 Å². The maximum Gasteiger partial charge on any atom is 0.0814 e. The molecule has 0 aliphatic heterocycles. The molecule has 0 radical (unpaired) electrons. The smallest absolute Gasteiger partial charge is 0.0814 e. The Morgan fingerprint density at radius 1 is 1.86 bits per heavy atom. The molecule has 0 aliphatic rings. The predicted octanol–water partition coefficient (Wildman–Crippen LogP) is -0.186. The fourth-order valence-corrected chi connectivity index (χ4v) is 0.118. The Balaban J connectivity index is 3.40. The van der Waals surface area contributed by atoms with Crippen molar-refractivity contribution in [2.45, 2.75) is 13.1 Å². The highest BCUT2D eigenvalue weighted by atomic mass is 15.2. The van der Waals surface area contributed by atoms with Crippen molar-refractivity contribution in [3.63, 3.8) is 0 Å². The summed E-state index contributed by atoms with van der Waals surface area (Å²) in [6.45, 7) is 1.83. The van der Waals surface area contributed by atoms with Crippen LogP contribution < -0.4 is 5.73 Å². The van der Waals surface area contributed by atoms with Crippen LogP contribution >= 0.6 is 0 Å². The van der Waals surface area contributed by atoms with Crippen molar-refractivity contribution in [2.75, 3.05) is 7.05 Å². The quantitative estimate of drug-likeness (QED) is 0.280. The number of nitrogens with two attached hydrogens (primary N) is 1. The SMILES string of the molecule is C#CN(C)C(C)N. The molecule has 0 amide bonds. The number of nitrogens with zero attached hydrogens (tertiary/aromatic N) is 1. The van der Waals surface area contributed by atoms with Gasteiger partial charge in [-0.1, -0.05) is 6.42 Å². The molecule has 2 nitrogen and oxygen atoms in total. The molecule has 2 heteroatoms. The first-order valence-electron chi connectivity index (χ1n) is 2.13. The van der Waals surface area contributed by atoms with E-state index < -0.39 is 0 Å². The highest BCUT2D eigenvalue weighted by Crippen LogP contribution is 1.79. The number of hydrogen-bond acceptors (Lipinski definition) is 2. The van der Waals surface area contributed by atoms with E-state index in [4.69, 9.17) is 12.2 Å². The second-order valence-corrected chi connectivity index (χ2v) is 1.48. The van der Waals surface area contributed by atoms with E-state index in [1.165, 1.54) is 0 Å². The van der Waals surface area contributed by atoms with Crippen LogP contribution in [0.1, 0.15) is 6.92 Å². The van der Waals surface area contributed by atoms with Crippen LogP contribution in [0.25, 0.3) is 0 Å². The van der Waals surface area contributed by atoms with Crippen molar-refractivity contribution in [1.29, 1.82) is 0 Å². The molecule has 1 unspecified atom stereocenters. The van der Waals surface area contributed by atoms with E-state index >= 15 is 0 Å². The molecule has 7 heavy (non-hydrogen) atoms. The van der Waals surface area contributed by atoms with Crippen molar-refractivity contribution in [3.8, 4) is 12.5 Å². The van der Waals surface area contributed by atoms with Gasteiger partial charge in [0.2, 0.25) is 0 Å². The molecule has 0 bridgehead atoms. The molecule has 40 valence electrons. The normalized spacial score (nSPS) is 12.3. The van der Waals surface area contributed by atoms with Gasteiger partial charge in [-0.15, -0.1) is 0 Å². The van der Waals surface area contributed by atoms with Gasteiger partial charge in [-0.25, -0.2) is 0 Å². The molecule has 2 N–H and O–H groups in total. The summed E-state index contributed by atoms with van der Waals surface area (Å²) in [4.78, 5) is 1.60. The van der Waals surface area contributed by atoms with Crippen LogP contribution in [0.15, 0.2) is 0 Å². The van der Waals surface area contributed by atoms with Crippen molar-refractivity contribution in [1.82, 2.24) is 4.90 Å².